The lowest BCUT2D eigenvalue weighted by Gasteiger charge is -2.13. The maximum absolute atomic E-state index is 12.5. The van der Waals surface area contributed by atoms with Crippen LogP contribution in [0.25, 0.3) is 6.08 Å². The van der Waals surface area contributed by atoms with Crippen molar-refractivity contribution in [1.82, 2.24) is 10.1 Å². The van der Waals surface area contributed by atoms with E-state index in [4.69, 9.17) is 28.3 Å². The van der Waals surface area contributed by atoms with Gasteiger partial charge in [0.05, 0.1) is 4.91 Å². The number of amides is 2. The molecule has 6 nitrogen and oxygen atoms in total. The standard InChI is InChI=1S/C16H12ClN3O3S2/c1-9-6-13(19-23-9)18-14(21)8-20-15(22)12(25-16(20)24)7-10-4-2-3-5-11(10)17/h2-7H,8H2,1H3,(H,18,19,21). The van der Waals surface area contributed by atoms with E-state index in [9.17, 15) is 9.59 Å². The molecule has 0 saturated carbocycles. The molecule has 2 amide bonds. The minimum atomic E-state index is -0.413. The molecule has 0 atom stereocenters. The molecule has 9 heteroatoms. The van der Waals surface area contributed by atoms with E-state index in [1.54, 1.807) is 37.3 Å². The average Bonchev–Trinajstić information content (AvgIpc) is 3.08. The average molecular weight is 394 g/mol. The van der Waals surface area contributed by atoms with Crippen LogP contribution < -0.4 is 5.32 Å². The van der Waals surface area contributed by atoms with Crippen LogP contribution in [0, 0.1) is 6.92 Å². The largest absolute Gasteiger partial charge is 0.360 e. The molecule has 1 aliphatic heterocycles. The number of aromatic nitrogens is 1. The summed E-state index contributed by atoms with van der Waals surface area (Å²) >= 11 is 12.5. The molecular formula is C16H12ClN3O3S2. The SMILES string of the molecule is Cc1cc(NC(=O)CN2C(=O)C(=Cc3ccccc3Cl)SC2=S)no1. The van der Waals surface area contributed by atoms with E-state index in [2.05, 4.69) is 10.5 Å². The van der Waals surface area contributed by atoms with Crippen molar-refractivity contribution in [2.45, 2.75) is 6.92 Å². The van der Waals surface area contributed by atoms with Crippen LogP contribution in [0.15, 0.2) is 39.8 Å². The van der Waals surface area contributed by atoms with Crippen LogP contribution in [0.5, 0.6) is 0 Å². The van der Waals surface area contributed by atoms with E-state index < -0.39 is 5.91 Å². The van der Waals surface area contributed by atoms with Crippen molar-refractivity contribution in [3.05, 3.63) is 51.6 Å². The second kappa shape index (κ2) is 7.38. The summed E-state index contributed by atoms with van der Waals surface area (Å²) in [4.78, 5) is 26.3. The Labute approximate surface area is 158 Å². The van der Waals surface area contributed by atoms with Crippen molar-refractivity contribution in [1.29, 1.82) is 0 Å². The maximum atomic E-state index is 12.5. The lowest BCUT2D eigenvalue weighted by atomic mass is 10.2. The van der Waals surface area contributed by atoms with Gasteiger partial charge in [0.25, 0.3) is 5.91 Å². The number of hydrogen-bond acceptors (Lipinski definition) is 6. The number of carbonyl (C=O) groups excluding carboxylic acids is 2. The summed E-state index contributed by atoms with van der Waals surface area (Å²) in [7, 11) is 0. The third-order valence-corrected chi connectivity index (χ3v) is 4.98. The zero-order valence-electron chi connectivity index (χ0n) is 13.0. The maximum Gasteiger partial charge on any atom is 0.266 e. The highest BCUT2D eigenvalue weighted by Gasteiger charge is 2.33. The van der Waals surface area contributed by atoms with Gasteiger partial charge in [0.1, 0.15) is 16.6 Å². The molecule has 1 N–H and O–H groups in total. The molecule has 2 aromatic rings. The molecule has 1 fully saturated rings. The zero-order chi connectivity index (χ0) is 18.0. The minimum Gasteiger partial charge on any atom is -0.360 e. The number of rotatable bonds is 4. The van der Waals surface area contributed by atoms with Gasteiger partial charge >= 0.3 is 0 Å². The third kappa shape index (κ3) is 4.09. The monoisotopic (exact) mass is 393 g/mol. The Hall–Kier alpha value is -2.16. The van der Waals surface area contributed by atoms with Crippen LogP contribution in [0.2, 0.25) is 5.02 Å². The first-order valence-corrected chi connectivity index (χ1v) is 8.77. The van der Waals surface area contributed by atoms with Crippen LogP contribution in [0.1, 0.15) is 11.3 Å². The van der Waals surface area contributed by atoms with Crippen molar-refractivity contribution >= 4 is 63.6 Å². The second-order valence-corrected chi connectivity index (χ2v) is 7.24. The van der Waals surface area contributed by atoms with E-state index in [1.165, 1.54) is 4.90 Å². The second-order valence-electron chi connectivity index (χ2n) is 5.16. The van der Waals surface area contributed by atoms with E-state index in [0.717, 1.165) is 11.8 Å². The van der Waals surface area contributed by atoms with E-state index in [0.29, 0.717) is 31.4 Å². The first-order valence-electron chi connectivity index (χ1n) is 7.17. The molecule has 1 aromatic heterocycles. The Kier molecular flexibility index (Phi) is 5.22. The molecule has 0 bridgehead atoms. The number of nitrogens with one attached hydrogen (secondary N) is 1. The molecular weight excluding hydrogens is 382 g/mol. The number of nitrogens with zero attached hydrogens (tertiary/aromatic N) is 2. The summed E-state index contributed by atoms with van der Waals surface area (Å²) in [6.45, 7) is 1.51. The quantitative estimate of drug-likeness (QED) is 0.633. The molecule has 0 unspecified atom stereocenters. The van der Waals surface area contributed by atoms with Gasteiger partial charge in [-0.15, -0.1) is 0 Å². The van der Waals surface area contributed by atoms with Crippen molar-refractivity contribution in [3.63, 3.8) is 0 Å². The number of benzene rings is 1. The number of aryl methyl sites for hydroxylation is 1. The first kappa shape index (κ1) is 17.7. The summed E-state index contributed by atoms with van der Waals surface area (Å²) < 4.78 is 5.19. The zero-order valence-corrected chi connectivity index (χ0v) is 15.4. The third-order valence-electron chi connectivity index (χ3n) is 3.26. The normalized spacial score (nSPS) is 15.9. The fraction of sp³-hybridized carbons (Fsp3) is 0.125. The van der Waals surface area contributed by atoms with Crippen LogP contribution in [0.4, 0.5) is 5.82 Å². The minimum absolute atomic E-state index is 0.198. The number of thioether (sulfide) groups is 1. The Morgan fingerprint density at radius 1 is 1.48 bits per heavy atom. The summed E-state index contributed by atoms with van der Waals surface area (Å²) in [6.07, 6.45) is 1.67. The molecule has 128 valence electrons. The summed E-state index contributed by atoms with van der Waals surface area (Å²) in [6, 6.07) is 8.75. The van der Waals surface area contributed by atoms with Crippen molar-refractivity contribution < 1.29 is 14.1 Å². The Bertz CT molecular complexity index is 894. The summed E-state index contributed by atoms with van der Waals surface area (Å²) in [5, 5.41) is 6.77. The Balaban J connectivity index is 1.71. The fourth-order valence-corrected chi connectivity index (χ4v) is 3.56. The molecule has 0 radical (unpaired) electrons. The lowest BCUT2D eigenvalue weighted by molar-refractivity contribution is -0.126. The van der Waals surface area contributed by atoms with Crippen LogP contribution in [0.3, 0.4) is 0 Å². The molecule has 0 aliphatic carbocycles. The van der Waals surface area contributed by atoms with E-state index in [-0.39, 0.29) is 12.5 Å². The van der Waals surface area contributed by atoms with Gasteiger partial charge in [0.2, 0.25) is 5.91 Å². The van der Waals surface area contributed by atoms with Gasteiger partial charge in [0, 0.05) is 11.1 Å². The number of thiocarbonyl (C=S) groups is 1. The highest BCUT2D eigenvalue weighted by Crippen LogP contribution is 2.33. The van der Waals surface area contributed by atoms with Gasteiger partial charge in [0.15, 0.2) is 5.82 Å². The smallest absolute Gasteiger partial charge is 0.266 e. The summed E-state index contributed by atoms with van der Waals surface area (Å²) in [5.74, 6) is 0.119. The first-order chi connectivity index (χ1) is 11.9. The highest BCUT2D eigenvalue weighted by atomic mass is 35.5. The van der Waals surface area contributed by atoms with Gasteiger partial charge in [-0.1, -0.05) is 58.9 Å². The van der Waals surface area contributed by atoms with Crippen molar-refractivity contribution in [2.75, 3.05) is 11.9 Å². The number of hydrogen-bond donors (Lipinski definition) is 1. The number of carbonyl (C=O) groups is 2. The molecule has 1 aromatic carbocycles. The van der Waals surface area contributed by atoms with E-state index >= 15 is 0 Å². The molecule has 3 rings (SSSR count). The highest BCUT2D eigenvalue weighted by molar-refractivity contribution is 8.26. The fourth-order valence-electron chi connectivity index (χ4n) is 2.12. The van der Waals surface area contributed by atoms with Gasteiger partial charge in [-0.3, -0.25) is 14.5 Å². The van der Waals surface area contributed by atoms with Crippen LogP contribution >= 0.6 is 35.6 Å². The van der Waals surface area contributed by atoms with E-state index in [1.807, 2.05) is 6.07 Å². The summed E-state index contributed by atoms with van der Waals surface area (Å²) in [5.41, 5.74) is 0.715. The van der Waals surface area contributed by atoms with Crippen molar-refractivity contribution in [2.24, 2.45) is 0 Å². The molecule has 2 heterocycles. The van der Waals surface area contributed by atoms with Crippen LogP contribution in [-0.4, -0.2) is 32.7 Å². The van der Waals surface area contributed by atoms with Crippen LogP contribution in [-0.2, 0) is 9.59 Å². The van der Waals surface area contributed by atoms with Gasteiger partial charge in [-0.25, -0.2) is 0 Å². The number of halogens is 1. The topological polar surface area (TPSA) is 75.4 Å². The predicted molar refractivity (Wildman–Crippen MR) is 101 cm³/mol. The number of anilines is 1. The predicted octanol–water partition coefficient (Wildman–Crippen LogP) is 3.48. The van der Waals surface area contributed by atoms with Crippen molar-refractivity contribution in [3.8, 4) is 0 Å². The molecule has 1 saturated heterocycles. The Morgan fingerprint density at radius 2 is 2.24 bits per heavy atom. The molecule has 1 aliphatic rings. The molecule has 0 spiro atoms. The van der Waals surface area contributed by atoms with Gasteiger partial charge in [-0.05, 0) is 24.6 Å². The lowest BCUT2D eigenvalue weighted by Crippen LogP contribution is -2.36. The van der Waals surface area contributed by atoms with Gasteiger partial charge in [-0.2, -0.15) is 0 Å². The Morgan fingerprint density at radius 3 is 2.92 bits per heavy atom. The van der Waals surface area contributed by atoms with Gasteiger partial charge < -0.3 is 9.84 Å². The molecule has 25 heavy (non-hydrogen) atoms.